The Kier molecular flexibility index (Phi) is 4.90. The molecule has 0 atom stereocenters. The van der Waals surface area contributed by atoms with Crippen molar-refractivity contribution in [3.8, 4) is 0 Å². The number of hydrogen-bond donors (Lipinski definition) is 1. The number of nitrogens with two attached hydrogens (primary N) is 1. The average molecular weight is 199 g/mol. The van der Waals surface area contributed by atoms with Crippen molar-refractivity contribution in [2.24, 2.45) is 11.7 Å². The van der Waals surface area contributed by atoms with Crippen molar-refractivity contribution in [2.75, 3.05) is 13.2 Å². The fourth-order valence-corrected chi connectivity index (χ4v) is 2.27. The van der Waals surface area contributed by atoms with Crippen molar-refractivity contribution < 1.29 is 4.74 Å². The molecule has 0 saturated heterocycles. The fraction of sp³-hybridized carbons (Fsp3) is 1.00. The van der Waals surface area contributed by atoms with E-state index >= 15 is 0 Å². The molecule has 0 spiro atoms. The van der Waals surface area contributed by atoms with Crippen LogP contribution in [0, 0.1) is 5.92 Å². The van der Waals surface area contributed by atoms with Gasteiger partial charge in [-0.25, -0.2) is 0 Å². The van der Waals surface area contributed by atoms with Crippen molar-refractivity contribution in [1.29, 1.82) is 0 Å². The molecule has 0 amide bonds. The zero-order valence-electron chi connectivity index (χ0n) is 9.72. The number of ether oxygens (including phenoxy) is 1. The van der Waals surface area contributed by atoms with Crippen LogP contribution < -0.4 is 5.73 Å². The minimum atomic E-state index is -0.0391. The standard InChI is InChI=1S/C12H25NO/c1-3-12(4-2,10-13)14-9-11-7-5-6-8-11/h11H,3-10,13H2,1-2H3. The van der Waals surface area contributed by atoms with Crippen LogP contribution in [0.15, 0.2) is 0 Å². The molecular formula is C12H25NO. The molecule has 0 aromatic rings. The topological polar surface area (TPSA) is 35.2 Å². The van der Waals surface area contributed by atoms with E-state index in [4.69, 9.17) is 10.5 Å². The molecule has 1 fully saturated rings. The molecule has 1 aliphatic rings. The van der Waals surface area contributed by atoms with E-state index in [1.807, 2.05) is 0 Å². The van der Waals surface area contributed by atoms with Crippen LogP contribution >= 0.6 is 0 Å². The second kappa shape index (κ2) is 5.72. The van der Waals surface area contributed by atoms with E-state index < -0.39 is 0 Å². The lowest BCUT2D eigenvalue weighted by molar-refractivity contribution is -0.0589. The highest BCUT2D eigenvalue weighted by molar-refractivity contribution is 4.79. The van der Waals surface area contributed by atoms with Gasteiger partial charge in [0.25, 0.3) is 0 Å². The van der Waals surface area contributed by atoms with E-state index in [1.54, 1.807) is 0 Å². The molecule has 0 bridgehead atoms. The summed E-state index contributed by atoms with van der Waals surface area (Å²) in [5.74, 6) is 0.805. The lowest BCUT2D eigenvalue weighted by Crippen LogP contribution is -2.40. The van der Waals surface area contributed by atoms with Gasteiger partial charge < -0.3 is 10.5 Å². The third kappa shape index (κ3) is 2.96. The minimum Gasteiger partial charge on any atom is -0.373 e. The second-order valence-corrected chi connectivity index (χ2v) is 4.56. The van der Waals surface area contributed by atoms with Gasteiger partial charge >= 0.3 is 0 Å². The largest absolute Gasteiger partial charge is 0.373 e. The van der Waals surface area contributed by atoms with Crippen LogP contribution in [0.25, 0.3) is 0 Å². The summed E-state index contributed by atoms with van der Waals surface area (Å²) in [4.78, 5) is 0. The SMILES string of the molecule is CCC(CC)(CN)OCC1CCCC1. The predicted octanol–water partition coefficient (Wildman–Crippen LogP) is 2.71. The first-order valence-electron chi connectivity index (χ1n) is 6.10. The van der Waals surface area contributed by atoms with Crippen molar-refractivity contribution in [3.63, 3.8) is 0 Å². The van der Waals surface area contributed by atoms with Crippen LogP contribution in [0.3, 0.4) is 0 Å². The van der Waals surface area contributed by atoms with Crippen LogP contribution in [0.5, 0.6) is 0 Å². The maximum Gasteiger partial charge on any atom is 0.0799 e. The normalized spacial score (nSPS) is 19.1. The van der Waals surface area contributed by atoms with Crippen molar-refractivity contribution in [2.45, 2.75) is 58.0 Å². The van der Waals surface area contributed by atoms with Crippen LogP contribution in [-0.4, -0.2) is 18.8 Å². The van der Waals surface area contributed by atoms with E-state index in [0.717, 1.165) is 25.4 Å². The third-order valence-corrected chi connectivity index (χ3v) is 3.76. The maximum atomic E-state index is 6.04. The highest BCUT2D eigenvalue weighted by atomic mass is 16.5. The summed E-state index contributed by atoms with van der Waals surface area (Å²) < 4.78 is 6.04. The van der Waals surface area contributed by atoms with Crippen molar-refractivity contribution in [3.05, 3.63) is 0 Å². The summed E-state index contributed by atoms with van der Waals surface area (Å²) in [7, 11) is 0. The maximum absolute atomic E-state index is 6.04. The summed E-state index contributed by atoms with van der Waals surface area (Å²) >= 11 is 0. The molecule has 14 heavy (non-hydrogen) atoms. The third-order valence-electron chi connectivity index (χ3n) is 3.76. The zero-order chi connectivity index (χ0) is 10.4. The Hall–Kier alpha value is -0.0800. The first-order valence-corrected chi connectivity index (χ1v) is 6.10. The van der Waals surface area contributed by atoms with Gasteiger partial charge in [0, 0.05) is 6.54 Å². The molecule has 2 heteroatoms. The molecule has 0 radical (unpaired) electrons. The lowest BCUT2D eigenvalue weighted by atomic mass is 9.97. The van der Waals surface area contributed by atoms with Gasteiger partial charge in [-0.15, -0.1) is 0 Å². The number of hydrogen-bond acceptors (Lipinski definition) is 2. The van der Waals surface area contributed by atoms with Gasteiger partial charge in [-0.05, 0) is 31.6 Å². The smallest absolute Gasteiger partial charge is 0.0799 e. The number of rotatable bonds is 6. The molecule has 2 nitrogen and oxygen atoms in total. The summed E-state index contributed by atoms with van der Waals surface area (Å²) in [6.45, 7) is 5.93. The second-order valence-electron chi connectivity index (χ2n) is 4.56. The van der Waals surface area contributed by atoms with Gasteiger partial charge in [0.2, 0.25) is 0 Å². The van der Waals surface area contributed by atoms with Gasteiger partial charge in [0.1, 0.15) is 0 Å². The Bertz CT molecular complexity index is 140. The minimum absolute atomic E-state index is 0.0391. The Balaban J connectivity index is 2.31. The van der Waals surface area contributed by atoms with Gasteiger partial charge in [-0.1, -0.05) is 26.7 Å². The molecule has 1 saturated carbocycles. The Labute approximate surface area is 88.2 Å². The van der Waals surface area contributed by atoms with Gasteiger partial charge in [-0.2, -0.15) is 0 Å². The van der Waals surface area contributed by atoms with Crippen LogP contribution in [0.1, 0.15) is 52.4 Å². The fourth-order valence-electron chi connectivity index (χ4n) is 2.27. The summed E-state index contributed by atoms with van der Waals surface area (Å²) in [6.07, 6.45) is 7.56. The Morgan fingerprint density at radius 3 is 2.21 bits per heavy atom. The first kappa shape index (κ1) is 12.0. The zero-order valence-corrected chi connectivity index (χ0v) is 9.72. The van der Waals surface area contributed by atoms with E-state index in [0.29, 0.717) is 6.54 Å². The predicted molar refractivity (Wildman–Crippen MR) is 60.3 cm³/mol. The molecule has 0 heterocycles. The molecule has 0 aromatic carbocycles. The molecule has 0 aromatic heterocycles. The van der Waals surface area contributed by atoms with E-state index in [2.05, 4.69) is 13.8 Å². The molecule has 2 N–H and O–H groups in total. The quantitative estimate of drug-likeness (QED) is 0.714. The van der Waals surface area contributed by atoms with E-state index in [1.165, 1.54) is 25.7 Å². The summed E-state index contributed by atoms with van der Waals surface area (Å²) in [5, 5.41) is 0. The molecule has 0 unspecified atom stereocenters. The van der Waals surface area contributed by atoms with Gasteiger partial charge in [0.05, 0.1) is 12.2 Å². The molecular weight excluding hydrogens is 174 g/mol. The molecule has 84 valence electrons. The average Bonchev–Trinajstić information content (AvgIpc) is 2.74. The van der Waals surface area contributed by atoms with Crippen LogP contribution in [-0.2, 0) is 4.74 Å². The van der Waals surface area contributed by atoms with Gasteiger partial charge in [0.15, 0.2) is 0 Å². The highest BCUT2D eigenvalue weighted by Crippen LogP contribution is 2.28. The highest BCUT2D eigenvalue weighted by Gasteiger charge is 2.27. The van der Waals surface area contributed by atoms with E-state index in [-0.39, 0.29) is 5.60 Å². The molecule has 0 aliphatic heterocycles. The van der Waals surface area contributed by atoms with Gasteiger partial charge in [-0.3, -0.25) is 0 Å². The van der Waals surface area contributed by atoms with E-state index in [9.17, 15) is 0 Å². The molecule has 1 rings (SSSR count). The van der Waals surface area contributed by atoms with Crippen LogP contribution in [0.2, 0.25) is 0 Å². The summed E-state index contributed by atoms with van der Waals surface area (Å²) in [6, 6.07) is 0. The summed E-state index contributed by atoms with van der Waals surface area (Å²) in [5.41, 5.74) is 5.75. The van der Waals surface area contributed by atoms with Crippen molar-refractivity contribution in [1.82, 2.24) is 0 Å². The first-order chi connectivity index (χ1) is 6.76. The Morgan fingerprint density at radius 2 is 1.79 bits per heavy atom. The monoisotopic (exact) mass is 199 g/mol. The Morgan fingerprint density at radius 1 is 1.21 bits per heavy atom. The molecule has 1 aliphatic carbocycles. The lowest BCUT2D eigenvalue weighted by Gasteiger charge is -2.31. The van der Waals surface area contributed by atoms with Crippen molar-refractivity contribution >= 4 is 0 Å². The van der Waals surface area contributed by atoms with Crippen LogP contribution in [0.4, 0.5) is 0 Å².